The number of para-hydroxylation sites is 1. The molecule has 2 heterocycles. The van der Waals surface area contributed by atoms with Crippen molar-refractivity contribution in [2.45, 2.75) is 13.5 Å². The van der Waals surface area contributed by atoms with Gasteiger partial charge in [0.2, 0.25) is 0 Å². The molecule has 8 nitrogen and oxygen atoms in total. The zero-order valence-corrected chi connectivity index (χ0v) is 16.8. The Morgan fingerprint density at radius 3 is 2.58 bits per heavy atom. The first-order chi connectivity index (χ1) is 15.0. The molecule has 8 heteroatoms. The molecule has 0 aliphatic rings. The lowest BCUT2D eigenvalue weighted by Gasteiger charge is -2.12. The number of benzene rings is 2. The van der Waals surface area contributed by atoms with Crippen molar-refractivity contribution in [1.82, 2.24) is 9.38 Å². The van der Waals surface area contributed by atoms with Crippen molar-refractivity contribution >= 4 is 29.0 Å². The number of urea groups is 1. The number of aryl methyl sites for hydroxylation is 1. The van der Waals surface area contributed by atoms with Gasteiger partial charge in [-0.15, -0.1) is 0 Å². The predicted molar refractivity (Wildman–Crippen MR) is 118 cm³/mol. The largest absolute Gasteiger partial charge is 0.486 e. The van der Waals surface area contributed by atoms with E-state index in [9.17, 15) is 9.59 Å². The van der Waals surface area contributed by atoms with Crippen molar-refractivity contribution in [3.8, 4) is 5.75 Å². The summed E-state index contributed by atoms with van der Waals surface area (Å²) in [7, 11) is 0. The molecular weight excluding hydrogens is 394 g/mol. The molecular formula is C23H21N5O3. The average molecular weight is 415 g/mol. The fraction of sp³-hybridized carbons (Fsp3) is 0.0870. The van der Waals surface area contributed by atoms with E-state index in [1.165, 1.54) is 0 Å². The van der Waals surface area contributed by atoms with E-state index in [1.54, 1.807) is 48.5 Å². The minimum absolute atomic E-state index is 0.226. The van der Waals surface area contributed by atoms with Crippen LogP contribution in [0.25, 0.3) is 5.65 Å². The Morgan fingerprint density at radius 1 is 1.03 bits per heavy atom. The highest BCUT2D eigenvalue weighted by molar-refractivity contribution is 6.06. The molecule has 0 atom stereocenters. The summed E-state index contributed by atoms with van der Waals surface area (Å²) in [5.74, 6) is 0.109. The van der Waals surface area contributed by atoms with Crippen LogP contribution in [0.15, 0.2) is 73.1 Å². The van der Waals surface area contributed by atoms with Crippen molar-refractivity contribution in [3.63, 3.8) is 0 Å². The number of aromatic nitrogens is 2. The van der Waals surface area contributed by atoms with Gasteiger partial charge in [-0.25, -0.2) is 9.78 Å². The predicted octanol–water partition coefficient (Wildman–Crippen LogP) is 3.96. The van der Waals surface area contributed by atoms with Gasteiger partial charge in [-0.3, -0.25) is 4.79 Å². The van der Waals surface area contributed by atoms with Crippen LogP contribution in [0.4, 0.5) is 16.2 Å². The number of imidazole rings is 1. The maximum atomic E-state index is 12.8. The fourth-order valence-electron chi connectivity index (χ4n) is 3.22. The summed E-state index contributed by atoms with van der Waals surface area (Å²) in [4.78, 5) is 28.5. The van der Waals surface area contributed by atoms with Crippen molar-refractivity contribution in [2.24, 2.45) is 5.73 Å². The SMILES string of the molecule is Cc1cccn2cc(COc3ccccc3C(=O)Nc3cccc(NC(N)=O)c3)nc12. The molecule has 0 aliphatic carbocycles. The summed E-state index contributed by atoms with van der Waals surface area (Å²) in [6.45, 7) is 2.23. The Morgan fingerprint density at radius 2 is 1.81 bits per heavy atom. The maximum Gasteiger partial charge on any atom is 0.316 e. The molecule has 2 aromatic heterocycles. The van der Waals surface area contributed by atoms with Gasteiger partial charge in [0.25, 0.3) is 5.91 Å². The Labute approximate surface area is 178 Å². The van der Waals surface area contributed by atoms with E-state index in [0.717, 1.165) is 16.9 Å². The summed E-state index contributed by atoms with van der Waals surface area (Å²) in [6, 6.07) is 17.0. The summed E-state index contributed by atoms with van der Waals surface area (Å²) in [5.41, 5.74) is 9.23. The summed E-state index contributed by atoms with van der Waals surface area (Å²) >= 11 is 0. The molecule has 0 bridgehead atoms. The third kappa shape index (κ3) is 4.64. The number of pyridine rings is 1. The number of fused-ring (bicyclic) bond motifs is 1. The number of carbonyl (C=O) groups excluding carboxylic acids is 2. The van der Waals surface area contributed by atoms with Gasteiger partial charge in [-0.05, 0) is 48.9 Å². The minimum Gasteiger partial charge on any atom is -0.486 e. The second-order valence-corrected chi connectivity index (χ2v) is 6.96. The molecule has 0 unspecified atom stereocenters. The third-order valence-electron chi connectivity index (χ3n) is 4.62. The lowest BCUT2D eigenvalue weighted by atomic mass is 10.1. The van der Waals surface area contributed by atoms with Gasteiger partial charge in [-0.1, -0.05) is 24.3 Å². The third-order valence-corrected chi connectivity index (χ3v) is 4.62. The summed E-state index contributed by atoms with van der Waals surface area (Å²) in [6.07, 6.45) is 3.84. The molecule has 156 valence electrons. The van der Waals surface area contributed by atoms with E-state index in [-0.39, 0.29) is 12.5 Å². The second kappa shape index (κ2) is 8.58. The van der Waals surface area contributed by atoms with E-state index in [0.29, 0.717) is 22.7 Å². The maximum absolute atomic E-state index is 12.8. The molecule has 4 N–H and O–H groups in total. The normalized spacial score (nSPS) is 10.6. The first-order valence-electron chi connectivity index (χ1n) is 9.62. The highest BCUT2D eigenvalue weighted by Crippen LogP contribution is 2.22. The molecule has 31 heavy (non-hydrogen) atoms. The smallest absolute Gasteiger partial charge is 0.316 e. The molecule has 0 saturated carbocycles. The Bertz CT molecular complexity index is 1270. The highest BCUT2D eigenvalue weighted by Gasteiger charge is 2.14. The Balaban J connectivity index is 1.49. The molecule has 0 saturated heterocycles. The van der Waals surface area contributed by atoms with E-state index >= 15 is 0 Å². The number of nitrogens with one attached hydrogen (secondary N) is 2. The number of hydrogen-bond donors (Lipinski definition) is 3. The highest BCUT2D eigenvalue weighted by atomic mass is 16.5. The van der Waals surface area contributed by atoms with Crippen LogP contribution >= 0.6 is 0 Å². The minimum atomic E-state index is -0.677. The monoisotopic (exact) mass is 415 g/mol. The van der Waals surface area contributed by atoms with E-state index in [2.05, 4.69) is 15.6 Å². The second-order valence-electron chi connectivity index (χ2n) is 6.96. The zero-order valence-electron chi connectivity index (χ0n) is 16.8. The van der Waals surface area contributed by atoms with Crippen molar-refractivity contribution in [1.29, 1.82) is 0 Å². The number of primary amides is 1. The van der Waals surface area contributed by atoms with E-state index in [1.807, 2.05) is 35.9 Å². The van der Waals surface area contributed by atoms with Crippen LogP contribution in [0.5, 0.6) is 5.75 Å². The standard InChI is InChI=1S/C23H21N5O3/c1-15-6-5-11-28-13-18(25-21(15)28)14-31-20-10-3-2-9-19(20)22(29)26-16-7-4-8-17(12-16)27-23(24)30/h2-13H,14H2,1H3,(H,26,29)(H3,24,27,30). The topological polar surface area (TPSA) is 111 Å². The van der Waals surface area contributed by atoms with E-state index in [4.69, 9.17) is 10.5 Å². The van der Waals surface area contributed by atoms with Crippen LogP contribution in [-0.4, -0.2) is 21.3 Å². The van der Waals surface area contributed by atoms with Crippen LogP contribution in [-0.2, 0) is 6.61 Å². The molecule has 0 fully saturated rings. The number of anilines is 2. The van der Waals surface area contributed by atoms with Crippen LogP contribution < -0.4 is 21.1 Å². The number of nitrogens with two attached hydrogens (primary N) is 1. The number of hydrogen-bond acceptors (Lipinski definition) is 4. The molecule has 0 radical (unpaired) electrons. The number of amides is 3. The van der Waals surface area contributed by atoms with Crippen molar-refractivity contribution < 1.29 is 14.3 Å². The quantitative estimate of drug-likeness (QED) is 0.442. The van der Waals surface area contributed by atoms with Crippen LogP contribution in [0.2, 0.25) is 0 Å². The van der Waals surface area contributed by atoms with Crippen LogP contribution in [0.3, 0.4) is 0 Å². The van der Waals surface area contributed by atoms with Gasteiger partial charge < -0.3 is 25.5 Å². The first-order valence-corrected chi connectivity index (χ1v) is 9.62. The van der Waals surface area contributed by atoms with Crippen molar-refractivity contribution in [2.75, 3.05) is 10.6 Å². The molecule has 4 aromatic rings. The summed E-state index contributed by atoms with van der Waals surface area (Å²) in [5, 5.41) is 5.29. The summed E-state index contributed by atoms with van der Waals surface area (Å²) < 4.78 is 7.86. The lowest BCUT2D eigenvalue weighted by molar-refractivity contribution is 0.102. The molecule has 3 amide bonds. The van der Waals surface area contributed by atoms with Gasteiger partial charge in [-0.2, -0.15) is 0 Å². The van der Waals surface area contributed by atoms with Gasteiger partial charge >= 0.3 is 6.03 Å². The molecule has 2 aromatic carbocycles. The average Bonchev–Trinajstić information content (AvgIpc) is 3.17. The number of carbonyl (C=O) groups is 2. The van der Waals surface area contributed by atoms with E-state index < -0.39 is 6.03 Å². The number of nitrogens with zero attached hydrogens (tertiary/aromatic N) is 2. The first kappa shape index (κ1) is 20.0. The van der Waals surface area contributed by atoms with Crippen LogP contribution in [0.1, 0.15) is 21.6 Å². The lowest BCUT2D eigenvalue weighted by Crippen LogP contribution is -2.19. The molecule has 4 rings (SSSR count). The van der Waals surface area contributed by atoms with Gasteiger partial charge in [0.15, 0.2) is 0 Å². The Hall–Kier alpha value is -4.33. The Kier molecular flexibility index (Phi) is 5.53. The van der Waals surface area contributed by atoms with Gasteiger partial charge in [0, 0.05) is 23.8 Å². The number of rotatable bonds is 6. The van der Waals surface area contributed by atoms with Crippen molar-refractivity contribution in [3.05, 3.63) is 89.9 Å². The zero-order chi connectivity index (χ0) is 21.8. The fourth-order valence-corrected chi connectivity index (χ4v) is 3.22. The molecule has 0 aliphatic heterocycles. The number of ether oxygens (including phenoxy) is 1. The van der Waals surface area contributed by atoms with Crippen LogP contribution in [0, 0.1) is 6.92 Å². The van der Waals surface area contributed by atoms with Gasteiger partial charge in [0.05, 0.1) is 11.3 Å². The van der Waals surface area contributed by atoms with Gasteiger partial charge in [0.1, 0.15) is 18.0 Å². The molecule has 0 spiro atoms.